The Balaban J connectivity index is 2.46. The van der Waals surface area contributed by atoms with Crippen LogP contribution in [0.15, 0.2) is 64.4 Å². The third-order valence-corrected chi connectivity index (χ3v) is 4.24. The molecule has 0 aliphatic heterocycles. The predicted octanol–water partition coefficient (Wildman–Crippen LogP) is 1.80. The number of rotatable bonds is 3. The minimum absolute atomic E-state index is 0.124. The first kappa shape index (κ1) is 12.3. The van der Waals surface area contributed by atoms with Gasteiger partial charge in [-0.2, -0.15) is 5.84 Å². The summed E-state index contributed by atoms with van der Waals surface area (Å²) in [7, 11) is -3.54. The lowest BCUT2D eigenvalue weighted by Gasteiger charge is -2.03. The van der Waals surface area contributed by atoms with E-state index in [-0.39, 0.29) is 20.3 Å². The monoisotopic (exact) mass is 263 g/mol. The maximum absolute atomic E-state index is 12.2. The normalized spacial score (nSPS) is 11.1. The van der Waals surface area contributed by atoms with E-state index in [1.165, 1.54) is 36.4 Å². The summed E-state index contributed by atoms with van der Waals surface area (Å²) in [6, 6.07) is 13.5. The van der Waals surface area contributed by atoms with Crippen molar-refractivity contribution in [3.8, 4) is 0 Å². The summed E-state index contributed by atoms with van der Waals surface area (Å²) in [6.07, 6.45) is 0. The van der Waals surface area contributed by atoms with Gasteiger partial charge < -0.3 is 0 Å². The van der Waals surface area contributed by atoms with Gasteiger partial charge in [0.05, 0.1) is 14.7 Å². The third kappa shape index (κ3) is 2.23. The zero-order valence-electron chi connectivity index (χ0n) is 9.35. The Bertz CT molecular complexity index is 664. The Morgan fingerprint density at radius 1 is 0.833 bits per heavy atom. The molecular weight excluding hydrogens is 252 g/mol. The van der Waals surface area contributed by atoms with Crippen molar-refractivity contribution in [3.05, 3.63) is 59.5 Å². The highest BCUT2D eigenvalue weighted by Gasteiger charge is 2.18. The topological polar surface area (TPSA) is 80.2 Å². The molecule has 18 heavy (non-hydrogen) atoms. The van der Waals surface area contributed by atoms with Crippen molar-refractivity contribution in [3.63, 3.8) is 0 Å². The Kier molecular flexibility index (Phi) is 3.12. The number of hydrogen-bond acceptors (Lipinski definition) is 3. The van der Waals surface area contributed by atoms with Gasteiger partial charge in [-0.1, -0.05) is 18.2 Å². The molecule has 2 aromatic carbocycles. The van der Waals surface area contributed by atoms with Crippen LogP contribution in [-0.4, -0.2) is 13.3 Å². The molecule has 6 heteroatoms. The number of nitroso groups, excluding NO2 is 1. The van der Waals surface area contributed by atoms with Crippen LogP contribution < -0.4 is 5.84 Å². The average molecular weight is 263 g/mol. The first-order valence-corrected chi connectivity index (χ1v) is 6.62. The third-order valence-electron chi connectivity index (χ3n) is 2.46. The highest BCUT2D eigenvalue weighted by Crippen LogP contribution is 2.22. The molecule has 0 fully saturated rings. The van der Waals surface area contributed by atoms with Crippen molar-refractivity contribution in [2.75, 3.05) is 0 Å². The lowest BCUT2D eigenvalue weighted by Crippen LogP contribution is -2.09. The minimum Gasteiger partial charge on any atom is -0.219 e. The average Bonchev–Trinajstić information content (AvgIpc) is 2.40. The molecule has 92 valence electrons. The van der Waals surface area contributed by atoms with Crippen LogP contribution in [0, 0.1) is 4.91 Å². The fourth-order valence-corrected chi connectivity index (χ4v) is 2.79. The van der Waals surface area contributed by atoms with Gasteiger partial charge in [0.1, 0.15) is 0 Å². The molecule has 0 spiro atoms. The van der Waals surface area contributed by atoms with E-state index < -0.39 is 9.84 Å². The van der Waals surface area contributed by atoms with Crippen LogP contribution in [-0.2, 0) is 9.84 Å². The molecule has 0 amide bonds. The van der Waals surface area contributed by atoms with Crippen molar-refractivity contribution >= 4 is 15.5 Å². The molecule has 0 aliphatic carbocycles. The molecule has 2 aromatic rings. The van der Waals surface area contributed by atoms with Crippen LogP contribution in [0.4, 0.5) is 5.69 Å². The Morgan fingerprint density at radius 3 is 1.83 bits per heavy atom. The highest BCUT2D eigenvalue weighted by atomic mass is 32.2. The van der Waals surface area contributed by atoms with Gasteiger partial charge in [0.25, 0.3) is 5.69 Å². The van der Waals surface area contributed by atoms with Gasteiger partial charge in [0.2, 0.25) is 9.84 Å². The van der Waals surface area contributed by atoms with Crippen molar-refractivity contribution in [1.29, 1.82) is 0 Å². The second-order valence-electron chi connectivity index (χ2n) is 3.64. The smallest absolute Gasteiger partial charge is 0.219 e. The number of hydrogen-bond donors (Lipinski definition) is 1. The zero-order valence-corrected chi connectivity index (χ0v) is 10.2. The second-order valence-corrected chi connectivity index (χ2v) is 5.59. The Labute approximate surface area is 104 Å². The molecule has 0 aliphatic rings. The van der Waals surface area contributed by atoms with Crippen molar-refractivity contribution in [2.45, 2.75) is 9.79 Å². The van der Waals surface area contributed by atoms with Crippen molar-refractivity contribution in [1.82, 2.24) is 0 Å². The van der Waals surface area contributed by atoms with E-state index in [1.54, 1.807) is 18.2 Å². The molecule has 0 saturated heterocycles. The van der Waals surface area contributed by atoms with Crippen molar-refractivity contribution in [2.24, 2.45) is 5.84 Å². The van der Waals surface area contributed by atoms with Gasteiger partial charge in [-0.15, -0.1) is 0 Å². The SMILES string of the molecule is N[N+](=O)c1ccc(S(=O)(=O)c2ccccc2)cc1. The lowest BCUT2D eigenvalue weighted by molar-refractivity contribution is -0.474. The quantitative estimate of drug-likeness (QED) is 0.520. The lowest BCUT2D eigenvalue weighted by atomic mass is 10.3. The van der Waals surface area contributed by atoms with Gasteiger partial charge in [-0.3, -0.25) is 0 Å². The molecular formula is C12H11N2O3S+. The highest BCUT2D eigenvalue weighted by molar-refractivity contribution is 7.91. The summed E-state index contributed by atoms with van der Waals surface area (Å²) in [5.74, 6) is 5.01. The first-order chi connectivity index (χ1) is 8.51. The van der Waals surface area contributed by atoms with E-state index in [2.05, 4.69) is 0 Å². The van der Waals surface area contributed by atoms with Crippen LogP contribution in [0.3, 0.4) is 0 Å². The summed E-state index contributed by atoms with van der Waals surface area (Å²) in [4.78, 5) is 11.3. The Hall–Kier alpha value is -2.21. The molecule has 0 radical (unpaired) electrons. The fourth-order valence-electron chi connectivity index (χ4n) is 1.51. The number of hydrazine groups is 1. The maximum Gasteiger partial charge on any atom is 0.291 e. The van der Waals surface area contributed by atoms with Crippen LogP contribution in [0.5, 0.6) is 0 Å². The van der Waals surface area contributed by atoms with E-state index in [0.717, 1.165) is 0 Å². The van der Waals surface area contributed by atoms with E-state index in [0.29, 0.717) is 0 Å². The van der Waals surface area contributed by atoms with E-state index in [9.17, 15) is 13.3 Å². The van der Waals surface area contributed by atoms with Crippen molar-refractivity contribution < 1.29 is 13.3 Å². The van der Waals surface area contributed by atoms with Crippen LogP contribution in [0.25, 0.3) is 0 Å². The fraction of sp³-hybridized carbons (Fsp3) is 0. The summed E-state index contributed by atoms with van der Waals surface area (Å²) >= 11 is 0. The summed E-state index contributed by atoms with van der Waals surface area (Å²) in [5, 5.41) is 0. The number of sulfone groups is 1. The molecule has 0 saturated carbocycles. The minimum atomic E-state index is -3.54. The van der Waals surface area contributed by atoms with Gasteiger partial charge in [-0.25, -0.2) is 8.42 Å². The summed E-state index contributed by atoms with van der Waals surface area (Å²) < 4.78 is 24.4. The summed E-state index contributed by atoms with van der Waals surface area (Å²) in [5.41, 5.74) is 0.196. The van der Waals surface area contributed by atoms with E-state index >= 15 is 0 Å². The molecule has 0 bridgehead atoms. The van der Waals surface area contributed by atoms with E-state index in [4.69, 9.17) is 5.84 Å². The molecule has 0 aromatic heterocycles. The van der Waals surface area contributed by atoms with Crippen LogP contribution >= 0.6 is 0 Å². The number of benzene rings is 2. The maximum atomic E-state index is 12.2. The number of nitrogens with zero attached hydrogens (tertiary/aromatic N) is 1. The molecule has 0 heterocycles. The van der Waals surface area contributed by atoms with Gasteiger partial charge in [-0.05, 0) is 24.3 Å². The van der Waals surface area contributed by atoms with E-state index in [1.807, 2.05) is 0 Å². The molecule has 2 rings (SSSR count). The second kappa shape index (κ2) is 4.58. The largest absolute Gasteiger partial charge is 0.291 e. The standard InChI is InChI=1S/C12H11N2O3S/c13-14(15)10-6-8-12(9-7-10)18(16,17)11-4-2-1-3-5-11/h1-9H,(H2,13,15)/q+1. The van der Waals surface area contributed by atoms with Gasteiger partial charge in [0.15, 0.2) is 4.87 Å². The first-order valence-electron chi connectivity index (χ1n) is 5.14. The zero-order chi connectivity index (χ0) is 13.2. The molecule has 0 atom stereocenters. The number of nitrogens with two attached hydrogens (primary N) is 1. The Morgan fingerprint density at radius 2 is 1.33 bits per heavy atom. The molecule has 0 unspecified atom stereocenters. The van der Waals surface area contributed by atoms with Gasteiger partial charge >= 0.3 is 0 Å². The molecule has 2 N–H and O–H groups in total. The predicted molar refractivity (Wildman–Crippen MR) is 65.8 cm³/mol. The summed E-state index contributed by atoms with van der Waals surface area (Å²) in [6.45, 7) is 0. The molecule has 5 nitrogen and oxygen atoms in total. The van der Waals surface area contributed by atoms with Gasteiger partial charge in [0, 0.05) is 12.1 Å². The van der Waals surface area contributed by atoms with Crippen LogP contribution in [0.1, 0.15) is 0 Å². The van der Waals surface area contributed by atoms with Crippen LogP contribution in [0.2, 0.25) is 0 Å².